The van der Waals surface area contributed by atoms with Crippen LogP contribution in [0.4, 0.5) is 0 Å². The van der Waals surface area contributed by atoms with Crippen LogP contribution < -0.4 is 4.74 Å². The van der Waals surface area contributed by atoms with Gasteiger partial charge in [-0.1, -0.05) is 50.8 Å². The number of rotatable bonds is 5. The summed E-state index contributed by atoms with van der Waals surface area (Å²) in [7, 11) is 0. The van der Waals surface area contributed by atoms with Crippen LogP contribution in [0.25, 0.3) is 0 Å². The monoisotopic (exact) mass is 296 g/mol. The average Bonchev–Trinajstić information content (AvgIpc) is 2.50. The lowest BCUT2D eigenvalue weighted by Gasteiger charge is -2.28. The van der Waals surface area contributed by atoms with Crippen LogP contribution >= 0.6 is 0 Å². The summed E-state index contributed by atoms with van der Waals surface area (Å²) < 4.78 is 6.04. The number of aryl methyl sites for hydroxylation is 1. The molecule has 0 saturated heterocycles. The predicted molar refractivity (Wildman–Crippen MR) is 90.0 cm³/mol. The first-order valence-electron chi connectivity index (χ1n) is 8.30. The van der Waals surface area contributed by atoms with E-state index < -0.39 is 0 Å². The largest absolute Gasteiger partial charge is 0.508 e. The van der Waals surface area contributed by atoms with Gasteiger partial charge in [0.1, 0.15) is 17.2 Å². The molecule has 1 aliphatic rings. The van der Waals surface area contributed by atoms with Gasteiger partial charge in [-0.15, -0.1) is 0 Å². The zero-order valence-corrected chi connectivity index (χ0v) is 13.4. The van der Waals surface area contributed by atoms with E-state index in [4.69, 9.17) is 4.74 Å². The van der Waals surface area contributed by atoms with Crippen LogP contribution in [-0.4, -0.2) is 5.11 Å². The quantitative estimate of drug-likeness (QED) is 0.695. The van der Waals surface area contributed by atoms with Crippen LogP contribution in [0, 0.1) is 6.92 Å². The molecular formula is C20H24O2. The highest BCUT2D eigenvalue weighted by Crippen LogP contribution is 2.47. The molecule has 0 aliphatic carbocycles. The Hall–Kier alpha value is -1.96. The molecule has 0 fully saturated rings. The number of unbranched alkanes of at least 4 members (excludes halogenated alkanes) is 3. The van der Waals surface area contributed by atoms with Gasteiger partial charge in [0.25, 0.3) is 0 Å². The fraction of sp³-hybridized carbons (Fsp3) is 0.400. The first-order valence-corrected chi connectivity index (χ1v) is 8.30. The van der Waals surface area contributed by atoms with Crippen molar-refractivity contribution in [2.45, 2.75) is 51.9 Å². The molecule has 1 heterocycles. The maximum absolute atomic E-state index is 9.74. The number of hydrogen-bond acceptors (Lipinski definition) is 2. The second-order valence-corrected chi connectivity index (χ2v) is 6.27. The number of hydrogen-bond donors (Lipinski definition) is 1. The van der Waals surface area contributed by atoms with Gasteiger partial charge < -0.3 is 9.84 Å². The second-order valence-electron chi connectivity index (χ2n) is 6.27. The summed E-state index contributed by atoms with van der Waals surface area (Å²) in [5, 5.41) is 9.74. The number of phenols is 1. The first-order chi connectivity index (χ1) is 10.7. The second kappa shape index (κ2) is 6.43. The van der Waals surface area contributed by atoms with Crippen LogP contribution in [0.15, 0.2) is 36.4 Å². The Morgan fingerprint density at radius 3 is 2.45 bits per heavy atom. The van der Waals surface area contributed by atoms with Crippen LogP contribution in [-0.2, 0) is 0 Å². The maximum Gasteiger partial charge on any atom is 0.134 e. The van der Waals surface area contributed by atoms with Crippen molar-refractivity contribution in [3.8, 4) is 17.2 Å². The van der Waals surface area contributed by atoms with E-state index in [0.29, 0.717) is 5.92 Å². The Morgan fingerprint density at radius 1 is 0.955 bits per heavy atom. The third-order valence-electron chi connectivity index (χ3n) is 4.48. The highest BCUT2D eigenvalue weighted by atomic mass is 16.5. The van der Waals surface area contributed by atoms with Gasteiger partial charge in [-0.3, -0.25) is 0 Å². The van der Waals surface area contributed by atoms with E-state index in [2.05, 4.69) is 32.0 Å². The molecule has 2 aromatic rings. The van der Waals surface area contributed by atoms with Gasteiger partial charge in [0, 0.05) is 23.1 Å². The molecule has 3 rings (SSSR count). The molecule has 0 radical (unpaired) electrons. The fourth-order valence-electron chi connectivity index (χ4n) is 3.29. The van der Waals surface area contributed by atoms with Gasteiger partial charge in [-0.2, -0.15) is 0 Å². The van der Waals surface area contributed by atoms with E-state index in [-0.39, 0.29) is 5.75 Å². The lowest BCUT2D eigenvalue weighted by molar-refractivity contribution is 0.425. The molecule has 116 valence electrons. The summed E-state index contributed by atoms with van der Waals surface area (Å²) in [6.45, 7) is 4.32. The van der Waals surface area contributed by atoms with Crippen molar-refractivity contribution in [2.24, 2.45) is 0 Å². The molecule has 1 aliphatic heterocycles. The zero-order chi connectivity index (χ0) is 15.5. The zero-order valence-electron chi connectivity index (χ0n) is 13.4. The Labute approximate surface area is 132 Å². The van der Waals surface area contributed by atoms with Crippen LogP contribution in [0.5, 0.6) is 17.2 Å². The number of aromatic hydroxyl groups is 1. The smallest absolute Gasteiger partial charge is 0.134 e. The fourth-order valence-corrected chi connectivity index (χ4v) is 3.29. The van der Waals surface area contributed by atoms with E-state index in [9.17, 15) is 5.11 Å². The van der Waals surface area contributed by atoms with Crippen LogP contribution in [0.2, 0.25) is 0 Å². The molecule has 0 saturated carbocycles. The van der Waals surface area contributed by atoms with Crippen molar-refractivity contribution in [3.63, 3.8) is 0 Å². The number of ether oxygens (including phenoxy) is 1. The van der Waals surface area contributed by atoms with Crippen molar-refractivity contribution in [1.29, 1.82) is 0 Å². The molecule has 0 bridgehead atoms. The van der Waals surface area contributed by atoms with Crippen molar-refractivity contribution in [3.05, 3.63) is 53.1 Å². The standard InChI is InChI=1S/C20H24O2/c1-3-4-5-6-7-16-17-10-8-14(2)12-19(17)22-20-13-15(21)9-11-18(16)20/h8-13,16,21H,3-7H2,1-2H3. The Balaban J connectivity index is 1.93. The molecule has 2 nitrogen and oxygen atoms in total. The molecule has 1 N–H and O–H groups in total. The van der Waals surface area contributed by atoms with Crippen LogP contribution in [0.1, 0.15) is 61.6 Å². The van der Waals surface area contributed by atoms with E-state index in [0.717, 1.165) is 17.9 Å². The third kappa shape index (κ3) is 2.96. The van der Waals surface area contributed by atoms with Crippen molar-refractivity contribution in [2.75, 3.05) is 0 Å². The van der Waals surface area contributed by atoms with E-state index in [1.807, 2.05) is 6.07 Å². The maximum atomic E-state index is 9.74. The normalized spacial score (nSPS) is 15.8. The molecule has 0 spiro atoms. The minimum absolute atomic E-state index is 0.264. The SMILES string of the molecule is CCCCCCC1c2ccc(C)cc2Oc2cc(O)ccc21. The summed E-state index contributed by atoms with van der Waals surface area (Å²) in [6.07, 6.45) is 6.20. The van der Waals surface area contributed by atoms with Crippen molar-refractivity contribution < 1.29 is 9.84 Å². The molecule has 0 amide bonds. The summed E-state index contributed by atoms with van der Waals surface area (Å²) in [6, 6.07) is 12.0. The van der Waals surface area contributed by atoms with Gasteiger partial charge in [-0.25, -0.2) is 0 Å². The third-order valence-corrected chi connectivity index (χ3v) is 4.48. The molecule has 1 atom stereocenters. The number of fused-ring (bicyclic) bond motifs is 2. The summed E-state index contributed by atoms with van der Waals surface area (Å²) >= 11 is 0. The lowest BCUT2D eigenvalue weighted by atomic mass is 9.83. The highest BCUT2D eigenvalue weighted by Gasteiger charge is 2.27. The average molecular weight is 296 g/mol. The van der Waals surface area contributed by atoms with E-state index in [1.165, 1.54) is 42.4 Å². The van der Waals surface area contributed by atoms with Gasteiger partial charge in [0.15, 0.2) is 0 Å². The number of benzene rings is 2. The van der Waals surface area contributed by atoms with Gasteiger partial charge in [0.05, 0.1) is 0 Å². The predicted octanol–water partition coefficient (Wildman–Crippen LogP) is 5.91. The highest BCUT2D eigenvalue weighted by molar-refractivity contribution is 5.56. The minimum atomic E-state index is 0.264. The Morgan fingerprint density at radius 2 is 1.68 bits per heavy atom. The summed E-state index contributed by atoms with van der Waals surface area (Å²) in [5.41, 5.74) is 3.68. The molecule has 1 unspecified atom stereocenters. The lowest BCUT2D eigenvalue weighted by Crippen LogP contribution is -2.10. The molecule has 2 aromatic carbocycles. The Kier molecular flexibility index (Phi) is 4.37. The van der Waals surface area contributed by atoms with Crippen LogP contribution in [0.3, 0.4) is 0 Å². The molecule has 2 heteroatoms. The Bertz CT molecular complexity index is 609. The van der Waals surface area contributed by atoms with Crippen molar-refractivity contribution in [1.82, 2.24) is 0 Å². The first kappa shape index (κ1) is 15.0. The molecule has 22 heavy (non-hydrogen) atoms. The topological polar surface area (TPSA) is 29.5 Å². The van der Waals surface area contributed by atoms with Crippen molar-refractivity contribution >= 4 is 0 Å². The minimum Gasteiger partial charge on any atom is -0.508 e. The molecule has 0 aromatic heterocycles. The summed E-state index contributed by atoms with van der Waals surface area (Å²) in [4.78, 5) is 0. The summed E-state index contributed by atoms with van der Waals surface area (Å²) in [5.74, 6) is 2.38. The van der Waals surface area contributed by atoms with Gasteiger partial charge in [-0.05, 0) is 31.0 Å². The molecular weight excluding hydrogens is 272 g/mol. The van der Waals surface area contributed by atoms with Gasteiger partial charge in [0.2, 0.25) is 0 Å². The van der Waals surface area contributed by atoms with E-state index in [1.54, 1.807) is 12.1 Å². The number of phenolic OH excluding ortho intramolecular Hbond substituents is 1. The van der Waals surface area contributed by atoms with Gasteiger partial charge >= 0.3 is 0 Å². The van der Waals surface area contributed by atoms with E-state index >= 15 is 0 Å².